The highest BCUT2D eigenvalue weighted by Crippen LogP contribution is 2.16. The molecular weight excluding hydrogens is 398 g/mol. The summed E-state index contributed by atoms with van der Waals surface area (Å²) in [7, 11) is 0. The highest BCUT2D eigenvalue weighted by Gasteiger charge is 2.12. The third-order valence-corrected chi connectivity index (χ3v) is 4.36. The fourth-order valence-corrected chi connectivity index (χ4v) is 2.76. The zero-order valence-electron chi connectivity index (χ0n) is 14.6. The largest absolute Gasteiger partial charge is 0.326 e. The van der Waals surface area contributed by atoms with Gasteiger partial charge in [0.05, 0.1) is 5.56 Å². The first-order chi connectivity index (χ1) is 12.4. The van der Waals surface area contributed by atoms with Gasteiger partial charge in [-0.1, -0.05) is 29.8 Å². The number of hydrogen-bond donors (Lipinski definition) is 3. The Bertz CT molecular complexity index is 837. The zero-order valence-corrected chi connectivity index (χ0v) is 16.1. The van der Waals surface area contributed by atoms with E-state index < -0.39 is 11.8 Å². The molecule has 136 valence electrons. The molecule has 0 saturated heterocycles. The molecule has 6 nitrogen and oxygen atoms in total. The molecule has 7 heteroatoms. The topological polar surface area (TPSA) is 87.3 Å². The monoisotopic (exact) mass is 417 g/mol. The lowest BCUT2D eigenvalue weighted by atomic mass is 10.1. The van der Waals surface area contributed by atoms with Gasteiger partial charge >= 0.3 is 0 Å². The molecule has 26 heavy (non-hydrogen) atoms. The number of amides is 3. The maximum atomic E-state index is 12.0. The summed E-state index contributed by atoms with van der Waals surface area (Å²) in [6.45, 7) is 3.89. The molecule has 3 amide bonds. The average molecular weight is 418 g/mol. The molecule has 2 aromatic carbocycles. The summed E-state index contributed by atoms with van der Waals surface area (Å²) >= 11 is 3.27. The van der Waals surface area contributed by atoms with Crippen molar-refractivity contribution in [3.05, 3.63) is 63.6 Å². The van der Waals surface area contributed by atoms with Crippen LogP contribution in [0.25, 0.3) is 0 Å². The Hall–Kier alpha value is -2.67. The van der Waals surface area contributed by atoms with Crippen molar-refractivity contribution in [1.29, 1.82) is 0 Å². The van der Waals surface area contributed by atoms with E-state index in [9.17, 15) is 14.4 Å². The van der Waals surface area contributed by atoms with Crippen LogP contribution in [-0.2, 0) is 9.59 Å². The maximum Gasteiger partial charge on any atom is 0.270 e. The standard InChI is InChI=1S/C19H20BrN3O3/c1-12-7-8-16(13(2)11-12)21-17(24)9-10-18(25)22-23-19(26)14-5-3-4-6-15(14)20/h3-8,11H,9-10H2,1-2H3,(H,21,24)(H,22,25)(H,23,26). The minimum atomic E-state index is -0.443. The summed E-state index contributed by atoms with van der Waals surface area (Å²) in [5.41, 5.74) is 7.84. The highest BCUT2D eigenvalue weighted by atomic mass is 79.9. The normalized spacial score (nSPS) is 10.1. The van der Waals surface area contributed by atoms with E-state index in [1.165, 1.54) is 0 Å². The van der Waals surface area contributed by atoms with Crippen molar-refractivity contribution in [3.63, 3.8) is 0 Å². The summed E-state index contributed by atoms with van der Waals surface area (Å²) in [4.78, 5) is 35.8. The van der Waals surface area contributed by atoms with E-state index in [0.29, 0.717) is 10.0 Å². The van der Waals surface area contributed by atoms with E-state index in [-0.39, 0.29) is 18.7 Å². The molecule has 0 aliphatic carbocycles. The summed E-state index contributed by atoms with van der Waals surface area (Å²) in [5, 5.41) is 2.78. The molecule has 0 radical (unpaired) electrons. The molecule has 0 aliphatic rings. The molecule has 3 N–H and O–H groups in total. The first-order valence-electron chi connectivity index (χ1n) is 8.07. The van der Waals surface area contributed by atoms with Crippen LogP contribution in [0, 0.1) is 13.8 Å². The van der Waals surface area contributed by atoms with Crippen LogP contribution >= 0.6 is 15.9 Å². The molecule has 0 unspecified atom stereocenters. The number of rotatable bonds is 5. The third-order valence-electron chi connectivity index (χ3n) is 3.67. The molecule has 0 fully saturated rings. The fourth-order valence-electron chi connectivity index (χ4n) is 2.30. The number of carbonyl (C=O) groups excluding carboxylic acids is 3. The van der Waals surface area contributed by atoms with Gasteiger partial charge in [-0.3, -0.25) is 25.2 Å². The van der Waals surface area contributed by atoms with E-state index in [1.807, 2.05) is 32.0 Å². The van der Waals surface area contributed by atoms with E-state index in [4.69, 9.17) is 0 Å². The molecule has 2 aromatic rings. The Morgan fingerprint density at radius 1 is 0.923 bits per heavy atom. The van der Waals surface area contributed by atoms with Crippen molar-refractivity contribution in [3.8, 4) is 0 Å². The minimum absolute atomic E-state index is 0.0179. The fraction of sp³-hybridized carbons (Fsp3) is 0.211. The van der Waals surface area contributed by atoms with Crippen LogP contribution in [0.4, 0.5) is 5.69 Å². The predicted molar refractivity (Wildman–Crippen MR) is 104 cm³/mol. The van der Waals surface area contributed by atoms with Gasteiger partial charge < -0.3 is 5.32 Å². The lowest BCUT2D eigenvalue weighted by molar-refractivity contribution is -0.124. The van der Waals surface area contributed by atoms with Crippen molar-refractivity contribution in [2.45, 2.75) is 26.7 Å². The Morgan fingerprint density at radius 2 is 1.62 bits per heavy atom. The number of nitrogens with one attached hydrogen (secondary N) is 3. The van der Waals surface area contributed by atoms with Gasteiger partial charge in [0.15, 0.2) is 0 Å². The lowest BCUT2D eigenvalue weighted by Crippen LogP contribution is -2.41. The summed E-state index contributed by atoms with van der Waals surface area (Å²) in [6.07, 6.45) is -0.0168. The number of carbonyl (C=O) groups is 3. The first-order valence-corrected chi connectivity index (χ1v) is 8.87. The molecule has 0 saturated carbocycles. The van der Waals surface area contributed by atoms with Crippen LogP contribution in [-0.4, -0.2) is 17.7 Å². The number of anilines is 1. The summed E-state index contributed by atoms with van der Waals surface area (Å²) in [6, 6.07) is 12.6. The van der Waals surface area contributed by atoms with Crippen molar-refractivity contribution in [1.82, 2.24) is 10.9 Å². The van der Waals surface area contributed by atoms with Gasteiger partial charge in [0.25, 0.3) is 5.91 Å². The van der Waals surface area contributed by atoms with E-state index in [1.54, 1.807) is 24.3 Å². The van der Waals surface area contributed by atoms with Crippen LogP contribution in [0.3, 0.4) is 0 Å². The van der Waals surface area contributed by atoms with Gasteiger partial charge in [-0.05, 0) is 53.5 Å². The highest BCUT2D eigenvalue weighted by molar-refractivity contribution is 9.10. The number of aryl methyl sites for hydroxylation is 2. The molecule has 0 spiro atoms. The molecule has 0 atom stereocenters. The van der Waals surface area contributed by atoms with Crippen molar-refractivity contribution < 1.29 is 14.4 Å². The zero-order chi connectivity index (χ0) is 19.1. The van der Waals surface area contributed by atoms with Gasteiger partial charge in [-0.2, -0.15) is 0 Å². The second kappa shape index (κ2) is 9.15. The number of hydrogen-bond acceptors (Lipinski definition) is 3. The van der Waals surface area contributed by atoms with E-state index in [2.05, 4.69) is 32.1 Å². The van der Waals surface area contributed by atoms with Gasteiger partial charge in [0.2, 0.25) is 11.8 Å². The quantitative estimate of drug-likeness (QED) is 0.652. The van der Waals surface area contributed by atoms with Gasteiger partial charge in [-0.25, -0.2) is 0 Å². The SMILES string of the molecule is Cc1ccc(NC(=O)CCC(=O)NNC(=O)c2ccccc2Br)c(C)c1. The number of benzene rings is 2. The molecular formula is C19H20BrN3O3. The predicted octanol–water partition coefficient (Wildman–Crippen LogP) is 3.25. The Labute approximate surface area is 160 Å². The lowest BCUT2D eigenvalue weighted by Gasteiger charge is -2.10. The van der Waals surface area contributed by atoms with Crippen LogP contribution < -0.4 is 16.2 Å². The van der Waals surface area contributed by atoms with Crippen molar-refractivity contribution in [2.24, 2.45) is 0 Å². The van der Waals surface area contributed by atoms with Gasteiger partial charge in [0.1, 0.15) is 0 Å². The Kier molecular flexibility index (Phi) is 6.91. The van der Waals surface area contributed by atoms with Crippen LogP contribution in [0.5, 0.6) is 0 Å². The number of halogens is 1. The van der Waals surface area contributed by atoms with Gasteiger partial charge in [-0.15, -0.1) is 0 Å². The second-order valence-electron chi connectivity index (χ2n) is 5.85. The molecule has 2 rings (SSSR count). The minimum Gasteiger partial charge on any atom is -0.326 e. The second-order valence-corrected chi connectivity index (χ2v) is 6.70. The molecule has 0 bridgehead atoms. The Balaban J connectivity index is 1.77. The molecule has 0 heterocycles. The van der Waals surface area contributed by atoms with Gasteiger partial charge in [0, 0.05) is 23.0 Å². The maximum absolute atomic E-state index is 12.0. The summed E-state index contributed by atoms with van der Waals surface area (Å²) < 4.78 is 0.625. The summed E-state index contributed by atoms with van der Waals surface area (Å²) in [5.74, 6) is -1.14. The average Bonchev–Trinajstić information content (AvgIpc) is 2.60. The van der Waals surface area contributed by atoms with Crippen LogP contribution in [0.2, 0.25) is 0 Å². The Morgan fingerprint density at radius 3 is 2.31 bits per heavy atom. The number of hydrazine groups is 1. The van der Waals surface area contributed by atoms with E-state index >= 15 is 0 Å². The van der Waals surface area contributed by atoms with Crippen LogP contribution in [0.1, 0.15) is 34.3 Å². The van der Waals surface area contributed by atoms with E-state index in [0.717, 1.165) is 16.8 Å². The first kappa shape index (κ1) is 19.7. The molecule has 0 aromatic heterocycles. The van der Waals surface area contributed by atoms with Crippen LogP contribution in [0.15, 0.2) is 46.9 Å². The smallest absolute Gasteiger partial charge is 0.270 e. The van der Waals surface area contributed by atoms with Crippen molar-refractivity contribution >= 4 is 39.3 Å². The van der Waals surface area contributed by atoms with Crippen molar-refractivity contribution in [2.75, 3.05) is 5.32 Å². The third kappa shape index (κ3) is 5.70. The molecule has 0 aliphatic heterocycles.